The first-order valence-electron chi connectivity index (χ1n) is 7.38. The molecule has 4 heteroatoms. The summed E-state index contributed by atoms with van der Waals surface area (Å²) in [6.45, 7) is 6.58. The highest BCUT2D eigenvalue weighted by molar-refractivity contribution is 5.56. The molecule has 1 aromatic rings. The number of likely N-dealkylation sites (tertiary alicyclic amines) is 1. The minimum atomic E-state index is -0.605. The van der Waals surface area contributed by atoms with Crippen LogP contribution in [-0.2, 0) is 0 Å². The van der Waals surface area contributed by atoms with Crippen LogP contribution in [0.25, 0.3) is 0 Å². The number of nitrogens with two attached hydrogens (primary N) is 1. The van der Waals surface area contributed by atoms with E-state index in [4.69, 9.17) is 5.73 Å². The van der Waals surface area contributed by atoms with Crippen LogP contribution in [0.15, 0.2) is 24.3 Å². The second kappa shape index (κ2) is 6.02. The van der Waals surface area contributed by atoms with Crippen LogP contribution in [0.3, 0.4) is 0 Å². The molecule has 0 amide bonds. The van der Waals surface area contributed by atoms with Crippen molar-refractivity contribution >= 4 is 11.4 Å². The molecule has 4 nitrogen and oxygen atoms in total. The number of nitrogen functional groups attached to an aromatic ring is 1. The molecule has 2 rings (SSSR count). The number of anilines is 2. The van der Waals surface area contributed by atoms with E-state index in [0.717, 1.165) is 38.2 Å². The molecule has 1 saturated heterocycles. The van der Waals surface area contributed by atoms with E-state index in [-0.39, 0.29) is 0 Å². The lowest BCUT2D eigenvalue weighted by molar-refractivity contribution is 0.0283. The summed E-state index contributed by atoms with van der Waals surface area (Å²) < 4.78 is 0. The third-order valence-corrected chi connectivity index (χ3v) is 3.99. The fourth-order valence-corrected chi connectivity index (χ4v) is 2.97. The van der Waals surface area contributed by atoms with Crippen molar-refractivity contribution in [3.8, 4) is 0 Å². The maximum Gasteiger partial charge on any atom is 0.0718 e. The second-order valence-corrected chi connectivity index (χ2v) is 6.53. The topological polar surface area (TPSA) is 52.7 Å². The Balaban J connectivity index is 1.90. The van der Waals surface area contributed by atoms with Gasteiger partial charge < -0.3 is 20.6 Å². The zero-order valence-electron chi connectivity index (χ0n) is 12.8. The van der Waals surface area contributed by atoms with Gasteiger partial charge in [-0.1, -0.05) is 6.07 Å². The maximum atomic E-state index is 9.89. The van der Waals surface area contributed by atoms with Crippen LogP contribution in [0.2, 0.25) is 0 Å². The van der Waals surface area contributed by atoms with Gasteiger partial charge in [-0.3, -0.25) is 0 Å². The van der Waals surface area contributed by atoms with Gasteiger partial charge in [0.05, 0.1) is 5.60 Å². The molecular weight excluding hydrogens is 250 g/mol. The smallest absolute Gasteiger partial charge is 0.0718 e. The van der Waals surface area contributed by atoms with Gasteiger partial charge in [0.2, 0.25) is 0 Å². The molecule has 0 bridgehead atoms. The summed E-state index contributed by atoms with van der Waals surface area (Å²) in [6, 6.07) is 8.62. The highest BCUT2D eigenvalue weighted by atomic mass is 16.3. The zero-order valence-corrected chi connectivity index (χ0v) is 12.8. The maximum absolute atomic E-state index is 9.89. The third kappa shape index (κ3) is 4.12. The molecule has 20 heavy (non-hydrogen) atoms. The number of piperidine rings is 1. The largest absolute Gasteiger partial charge is 0.399 e. The van der Waals surface area contributed by atoms with E-state index in [9.17, 15) is 5.11 Å². The first kappa shape index (κ1) is 15.1. The van der Waals surface area contributed by atoms with Gasteiger partial charge >= 0.3 is 0 Å². The fourth-order valence-electron chi connectivity index (χ4n) is 2.97. The van der Waals surface area contributed by atoms with Crippen LogP contribution >= 0.6 is 0 Å². The van der Waals surface area contributed by atoms with Crippen molar-refractivity contribution in [2.45, 2.75) is 38.3 Å². The van der Waals surface area contributed by atoms with Gasteiger partial charge in [0.25, 0.3) is 0 Å². The normalized spacial score (nSPS) is 18.2. The summed E-state index contributed by atoms with van der Waals surface area (Å²) in [5.41, 5.74) is 7.25. The summed E-state index contributed by atoms with van der Waals surface area (Å²) in [4.78, 5) is 4.68. The molecule has 0 saturated carbocycles. The monoisotopic (exact) mass is 277 g/mol. The average molecular weight is 277 g/mol. The van der Waals surface area contributed by atoms with Crippen LogP contribution in [0.5, 0.6) is 0 Å². The van der Waals surface area contributed by atoms with Crippen molar-refractivity contribution in [3.63, 3.8) is 0 Å². The van der Waals surface area contributed by atoms with E-state index >= 15 is 0 Å². The first-order valence-corrected chi connectivity index (χ1v) is 7.38. The number of aliphatic hydroxyl groups is 1. The Labute approximate surface area is 122 Å². The highest BCUT2D eigenvalue weighted by Crippen LogP contribution is 2.24. The molecule has 0 spiro atoms. The van der Waals surface area contributed by atoms with Gasteiger partial charge in [-0.25, -0.2) is 0 Å². The van der Waals surface area contributed by atoms with Gasteiger partial charge in [-0.2, -0.15) is 0 Å². The van der Waals surface area contributed by atoms with Crippen LogP contribution < -0.4 is 10.6 Å². The Morgan fingerprint density at radius 2 is 2.00 bits per heavy atom. The summed E-state index contributed by atoms with van der Waals surface area (Å²) in [5.74, 6) is 0. The molecule has 1 fully saturated rings. The molecule has 0 atom stereocenters. The lowest BCUT2D eigenvalue weighted by Crippen LogP contribution is -2.47. The van der Waals surface area contributed by atoms with Crippen LogP contribution in [0.1, 0.15) is 26.7 Å². The van der Waals surface area contributed by atoms with E-state index in [1.165, 1.54) is 5.69 Å². The number of nitrogens with zero attached hydrogens (tertiary/aromatic N) is 2. The van der Waals surface area contributed by atoms with E-state index in [1.807, 2.05) is 32.0 Å². The molecule has 0 radical (unpaired) electrons. The Morgan fingerprint density at radius 3 is 2.55 bits per heavy atom. The van der Waals surface area contributed by atoms with Crippen molar-refractivity contribution < 1.29 is 5.11 Å². The number of β-amino-alcohol motifs (C(OH)–C–C–N with tert-alkyl or cyclic N) is 1. The molecule has 0 aliphatic carbocycles. The zero-order chi connectivity index (χ0) is 14.8. The van der Waals surface area contributed by atoms with Crippen molar-refractivity contribution in [1.29, 1.82) is 0 Å². The SMILES string of the molecule is CN(c1cccc(N)c1)C1CCN(CC(C)(C)O)CC1. The Hall–Kier alpha value is -1.26. The third-order valence-electron chi connectivity index (χ3n) is 3.99. The number of hydrogen-bond donors (Lipinski definition) is 2. The molecule has 3 N–H and O–H groups in total. The lowest BCUT2D eigenvalue weighted by atomic mass is 10.0. The summed E-state index contributed by atoms with van der Waals surface area (Å²) in [7, 11) is 2.14. The van der Waals surface area contributed by atoms with E-state index in [0.29, 0.717) is 6.04 Å². The molecule has 0 aromatic heterocycles. The Bertz CT molecular complexity index is 434. The van der Waals surface area contributed by atoms with Gasteiger partial charge in [-0.05, 0) is 44.9 Å². The molecule has 1 aromatic carbocycles. The van der Waals surface area contributed by atoms with E-state index in [1.54, 1.807) is 0 Å². The minimum absolute atomic E-state index is 0.551. The van der Waals surface area contributed by atoms with Gasteiger partial charge in [0.1, 0.15) is 0 Å². The van der Waals surface area contributed by atoms with Crippen LogP contribution in [-0.4, -0.2) is 48.3 Å². The van der Waals surface area contributed by atoms with Gasteiger partial charge in [-0.15, -0.1) is 0 Å². The number of benzene rings is 1. The average Bonchev–Trinajstić information content (AvgIpc) is 2.37. The van der Waals surface area contributed by atoms with E-state index < -0.39 is 5.60 Å². The quantitative estimate of drug-likeness (QED) is 0.826. The molecular formula is C16H27N3O. The lowest BCUT2D eigenvalue weighted by Gasteiger charge is -2.39. The Morgan fingerprint density at radius 1 is 1.35 bits per heavy atom. The fraction of sp³-hybridized carbons (Fsp3) is 0.625. The summed E-state index contributed by atoms with van der Waals surface area (Å²) in [6.07, 6.45) is 2.25. The van der Waals surface area contributed by atoms with Gasteiger partial charge in [0, 0.05) is 44.1 Å². The molecule has 0 unspecified atom stereocenters. The standard InChI is InChI=1S/C16H27N3O/c1-16(2,20)12-19-9-7-14(8-10-19)18(3)15-6-4-5-13(17)11-15/h4-6,11,14,20H,7-10,12,17H2,1-3H3. The molecule has 1 aliphatic heterocycles. The predicted octanol–water partition coefficient (Wildman–Crippen LogP) is 1.94. The first-order chi connectivity index (χ1) is 9.35. The Kier molecular flexibility index (Phi) is 4.55. The van der Waals surface area contributed by atoms with E-state index in [2.05, 4.69) is 22.9 Å². The van der Waals surface area contributed by atoms with Crippen LogP contribution in [0.4, 0.5) is 11.4 Å². The van der Waals surface area contributed by atoms with Crippen molar-refractivity contribution in [1.82, 2.24) is 4.90 Å². The molecule has 1 aliphatic rings. The van der Waals surface area contributed by atoms with Gasteiger partial charge in [0.15, 0.2) is 0 Å². The predicted molar refractivity (Wildman–Crippen MR) is 85.0 cm³/mol. The number of hydrogen-bond acceptors (Lipinski definition) is 4. The summed E-state index contributed by atoms with van der Waals surface area (Å²) in [5, 5.41) is 9.89. The van der Waals surface area contributed by atoms with Crippen molar-refractivity contribution in [3.05, 3.63) is 24.3 Å². The van der Waals surface area contributed by atoms with Crippen LogP contribution in [0, 0.1) is 0 Å². The summed E-state index contributed by atoms with van der Waals surface area (Å²) >= 11 is 0. The second-order valence-electron chi connectivity index (χ2n) is 6.53. The molecule has 112 valence electrons. The molecule has 1 heterocycles. The van der Waals surface area contributed by atoms with Crippen molar-refractivity contribution in [2.75, 3.05) is 37.3 Å². The number of rotatable bonds is 4. The highest BCUT2D eigenvalue weighted by Gasteiger charge is 2.26. The minimum Gasteiger partial charge on any atom is -0.399 e. The van der Waals surface area contributed by atoms with Crippen molar-refractivity contribution in [2.24, 2.45) is 0 Å².